The van der Waals surface area contributed by atoms with Crippen LogP contribution in [0.1, 0.15) is 25.0 Å². The van der Waals surface area contributed by atoms with E-state index < -0.39 is 0 Å². The first kappa shape index (κ1) is 22.2. The fraction of sp³-hybridized carbons (Fsp3) is 0.0811. The molecule has 0 aliphatic heterocycles. The smallest absolute Gasteiger partial charge is 0.143 e. The van der Waals surface area contributed by atoms with E-state index >= 15 is 0 Å². The number of hydrogen-bond acceptors (Lipinski definition) is 2. The largest absolute Gasteiger partial charge is 0.455 e. The number of nitrogens with zero attached hydrogens (tertiary/aromatic N) is 1. The van der Waals surface area contributed by atoms with Crippen LogP contribution in [0.5, 0.6) is 0 Å². The molecule has 0 fully saturated rings. The van der Waals surface area contributed by atoms with Crippen LogP contribution >= 0.6 is 0 Å². The van der Waals surface area contributed by atoms with Gasteiger partial charge in [-0.25, -0.2) is 0 Å². The second kappa shape index (κ2) is 8.09. The van der Waals surface area contributed by atoms with Gasteiger partial charge in [0.25, 0.3) is 0 Å². The SMILES string of the molecule is CC1(C)c2ccccc2-c2ccc(N(c3ccccc3)c3ccc4c(c3)oc3c5ccccc5ccc43)cc21. The third-order valence-electron chi connectivity index (χ3n) is 8.44. The molecule has 1 aliphatic carbocycles. The van der Waals surface area contributed by atoms with Crippen LogP contribution in [0.15, 0.2) is 132 Å². The van der Waals surface area contributed by atoms with Crippen LogP contribution in [0.2, 0.25) is 0 Å². The maximum atomic E-state index is 6.55. The summed E-state index contributed by atoms with van der Waals surface area (Å²) >= 11 is 0. The van der Waals surface area contributed by atoms with E-state index in [4.69, 9.17) is 4.42 Å². The Bertz CT molecular complexity index is 2050. The number of para-hydroxylation sites is 1. The van der Waals surface area contributed by atoms with Crippen LogP contribution in [0.25, 0.3) is 43.8 Å². The minimum Gasteiger partial charge on any atom is -0.455 e. The van der Waals surface area contributed by atoms with Crippen molar-refractivity contribution >= 4 is 49.8 Å². The molecule has 0 radical (unpaired) electrons. The van der Waals surface area contributed by atoms with Crippen LogP contribution in [0, 0.1) is 0 Å². The molecule has 2 heteroatoms. The Labute approximate surface area is 227 Å². The van der Waals surface area contributed by atoms with Crippen LogP contribution in [-0.4, -0.2) is 0 Å². The molecule has 0 spiro atoms. The molecule has 0 atom stereocenters. The molecular weight excluding hydrogens is 474 g/mol. The second-order valence-electron chi connectivity index (χ2n) is 11.0. The van der Waals surface area contributed by atoms with Gasteiger partial charge in [-0.3, -0.25) is 0 Å². The molecule has 0 bridgehead atoms. The molecule has 186 valence electrons. The monoisotopic (exact) mass is 501 g/mol. The summed E-state index contributed by atoms with van der Waals surface area (Å²) in [5.41, 5.74) is 10.5. The summed E-state index contributed by atoms with van der Waals surface area (Å²) < 4.78 is 6.55. The van der Waals surface area contributed by atoms with Crippen molar-refractivity contribution in [3.63, 3.8) is 0 Å². The Kier molecular flexibility index (Phi) is 4.60. The summed E-state index contributed by atoms with van der Waals surface area (Å²) in [4.78, 5) is 2.34. The summed E-state index contributed by atoms with van der Waals surface area (Å²) in [5.74, 6) is 0. The van der Waals surface area contributed by atoms with Gasteiger partial charge in [-0.05, 0) is 70.1 Å². The van der Waals surface area contributed by atoms with Gasteiger partial charge in [0.15, 0.2) is 0 Å². The predicted octanol–water partition coefficient (Wildman–Crippen LogP) is 10.5. The molecule has 1 heterocycles. The quantitative estimate of drug-likeness (QED) is 0.239. The molecule has 0 unspecified atom stereocenters. The lowest BCUT2D eigenvalue weighted by atomic mass is 9.82. The number of hydrogen-bond donors (Lipinski definition) is 0. The van der Waals surface area contributed by atoms with Gasteiger partial charge in [-0.2, -0.15) is 0 Å². The van der Waals surface area contributed by atoms with Crippen molar-refractivity contribution in [2.75, 3.05) is 4.90 Å². The van der Waals surface area contributed by atoms with Crippen LogP contribution in [0.3, 0.4) is 0 Å². The van der Waals surface area contributed by atoms with Gasteiger partial charge in [-0.15, -0.1) is 0 Å². The fourth-order valence-electron chi connectivity index (χ4n) is 6.49. The predicted molar refractivity (Wildman–Crippen MR) is 163 cm³/mol. The van der Waals surface area contributed by atoms with Crippen molar-refractivity contribution in [1.29, 1.82) is 0 Å². The lowest BCUT2D eigenvalue weighted by Gasteiger charge is -2.28. The molecule has 39 heavy (non-hydrogen) atoms. The summed E-state index contributed by atoms with van der Waals surface area (Å²) in [6.45, 7) is 4.66. The van der Waals surface area contributed by atoms with E-state index in [0.717, 1.165) is 44.4 Å². The molecule has 1 aliphatic rings. The van der Waals surface area contributed by atoms with Gasteiger partial charge in [-0.1, -0.05) is 92.7 Å². The summed E-state index contributed by atoms with van der Waals surface area (Å²) in [6, 6.07) is 45.7. The lowest BCUT2D eigenvalue weighted by Crippen LogP contribution is -2.16. The number of rotatable bonds is 3. The van der Waals surface area contributed by atoms with E-state index in [0.29, 0.717) is 0 Å². The average Bonchev–Trinajstić information content (AvgIpc) is 3.46. The van der Waals surface area contributed by atoms with E-state index in [1.54, 1.807) is 0 Å². The number of benzene rings is 6. The topological polar surface area (TPSA) is 16.4 Å². The third kappa shape index (κ3) is 3.21. The highest BCUT2D eigenvalue weighted by atomic mass is 16.3. The highest BCUT2D eigenvalue weighted by Crippen LogP contribution is 2.50. The second-order valence-corrected chi connectivity index (χ2v) is 11.0. The maximum Gasteiger partial charge on any atom is 0.143 e. The molecular formula is C37H27NO. The molecule has 2 nitrogen and oxygen atoms in total. The number of furan rings is 1. The summed E-state index contributed by atoms with van der Waals surface area (Å²) in [6.07, 6.45) is 0. The highest BCUT2D eigenvalue weighted by molar-refractivity contribution is 6.15. The normalized spacial score (nSPS) is 13.6. The van der Waals surface area contributed by atoms with Gasteiger partial charge >= 0.3 is 0 Å². The van der Waals surface area contributed by atoms with Crippen molar-refractivity contribution < 1.29 is 4.42 Å². The molecule has 8 rings (SSSR count). The molecule has 1 aromatic heterocycles. The molecule has 0 saturated carbocycles. The van der Waals surface area contributed by atoms with Gasteiger partial charge in [0, 0.05) is 44.7 Å². The minimum atomic E-state index is -0.0615. The summed E-state index contributed by atoms with van der Waals surface area (Å²) in [7, 11) is 0. The Hall–Kier alpha value is -4.82. The van der Waals surface area contributed by atoms with Gasteiger partial charge in [0.2, 0.25) is 0 Å². The van der Waals surface area contributed by atoms with Crippen molar-refractivity contribution in [2.24, 2.45) is 0 Å². The zero-order chi connectivity index (χ0) is 26.1. The molecule has 6 aromatic carbocycles. The standard InChI is InChI=1S/C37H27NO/c1-37(2)33-15-9-8-14-29(33)30-20-17-26(22-34(30)37)38(25-11-4-3-5-12-25)27-18-21-31-32-19-16-24-10-6-7-13-28(24)36(32)39-35(31)23-27/h3-23H,1-2H3. The maximum absolute atomic E-state index is 6.55. The van der Waals surface area contributed by atoms with Crippen LogP contribution in [0.4, 0.5) is 17.1 Å². The molecule has 0 saturated heterocycles. The fourth-order valence-corrected chi connectivity index (χ4v) is 6.49. The van der Waals surface area contributed by atoms with Crippen LogP contribution in [-0.2, 0) is 5.41 Å². The van der Waals surface area contributed by atoms with E-state index in [1.807, 2.05) is 0 Å². The van der Waals surface area contributed by atoms with E-state index in [9.17, 15) is 0 Å². The van der Waals surface area contributed by atoms with Gasteiger partial charge in [0.1, 0.15) is 11.2 Å². The Morgan fingerprint density at radius 1 is 0.513 bits per heavy atom. The first-order valence-corrected chi connectivity index (χ1v) is 13.5. The highest BCUT2D eigenvalue weighted by Gasteiger charge is 2.35. The Balaban J connectivity index is 1.33. The zero-order valence-corrected chi connectivity index (χ0v) is 22.0. The zero-order valence-electron chi connectivity index (χ0n) is 22.0. The number of fused-ring (bicyclic) bond motifs is 8. The van der Waals surface area contributed by atoms with Crippen molar-refractivity contribution in [2.45, 2.75) is 19.3 Å². The molecule has 0 N–H and O–H groups in total. The first-order chi connectivity index (χ1) is 19.1. The van der Waals surface area contributed by atoms with E-state index in [-0.39, 0.29) is 5.41 Å². The van der Waals surface area contributed by atoms with Crippen molar-refractivity contribution in [3.05, 3.63) is 139 Å². The van der Waals surface area contributed by atoms with Crippen molar-refractivity contribution in [1.82, 2.24) is 0 Å². The van der Waals surface area contributed by atoms with Gasteiger partial charge < -0.3 is 9.32 Å². The average molecular weight is 502 g/mol. The van der Waals surface area contributed by atoms with Crippen LogP contribution < -0.4 is 4.90 Å². The lowest BCUT2D eigenvalue weighted by molar-refractivity contribution is 0.660. The molecule has 7 aromatic rings. The number of anilines is 3. The Morgan fingerprint density at radius 3 is 2.10 bits per heavy atom. The molecule has 0 amide bonds. The third-order valence-corrected chi connectivity index (χ3v) is 8.44. The Morgan fingerprint density at radius 2 is 1.21 bits per heavy atom. The van der Waals surface area contributed by atoms with E-state index in [2.05, 4.69) is 146 Å². The summed E-state index contributed by atoms with van der Waals surface area (Å²) in [5, 5.41) is 4.63. The minimum absolute atomic E-state index is 0.0615. The van der Waals surface area contributed by atoms with E-state index in [1.165, 1.54) is 27.6 Å². The van der Waals surface area contributed by atoms with Crippen molar-refractivity contribution in [3.8, 4) is 11.1 Å². The first-order valence-electron chi connectivity index (χ1n) is 13.5. The van der Waals surface area contributed by atoms with Gasteiger partial charge in [0.05, 0.1) is 0 Å².